The van der Waals surface area contributed by atoms with E-state index in [1.807, 2.05) is 54.6 Å². The number of hydrogen-bond acceptors (Lipinski definition) is 5. The highest BCUT2D eigenvalue weighted by atomic mass is 16.3. The van der Waals surface area contributed by atoms with Crippen LogP contribution in [-0.2, 0) is 12.6 Å². The van der Waals surface area contributed by atoms with E-state index >= 15 is 0 Å². The highest BCUT2D eigenvalue weighted by Crippen LogP contribution is 2.40. The Bertz CT molecular complexity index is 1640. The number of pyridine rings is 1. The molecule has 1 fully saturated rings. The van der Waals surface area contributed by atoms with Gasteiger partial charge in [0, 0.05) is 24.3 Å². The van der Waals surface area contributed by atoms with Gasteiger partial charge in [0.15, 0.2) is 5.58 Å². The van der Waals surface area contributed by atoms with Gasteiger partial charge in [-0.1, -0.05) is 54.6 Å². The van der Waals surface area contributed by atoms with Crippen LogP contribution in [0.5, 0.6) is 0 Å². The van der Waals surface area contributed by atoms with E-state index in [0.29, 0.717) is 22.4 Å². The van der Waals surface area contributed by atoms with Crippen LogP contribution in [0.25, 0.3) is 39.1 Å². The molecule has 1 saturated carbocycles. The number of nitrogens with two attached hydrogens (primary N) is 1. The molecule has 3 aromatic heterocycles. The zero-order valence-electron chi connectivity index (χ0n) is 18.1. The van der Waals surface area contributed by atoms with Crippen LogP contribution in [0.4, 0.5) is 0 Å². The minimum Gasteiger partial charge on any atom is -0.451 e. The topological polar surface area (TPSA) is 95.5 Å². The van der Waals surface area contributed by atoms with Crippen LogP contribution >= 0.6 is 0 Å². The molecule has 164 valence electrons. The van der Waals surface area contributed by atoms with Crippen molar-refractivity contribution in [1.29, 1.82) is 0 Å². The standard InChI is InChI=1S/C26H22N4O3/c1-29-25(32)30-15-12-19-21(31)20(16-8-10-18(11-9-16)26(27)13-5-14-26)22(17-6-3-2-4-7-17)33-23(19)24(30)28-29/h2-4,6-12,15H,5,13-14,27H2,1H3. The molecule has 0 amide bonds. The van der Waals surface area contributed by atoms with E-state index in [1.54, 1.807) is 19.3 Å². The van der Waals surface area contributed by atoms with Gasteiger partial charge in [0.05, 0.1) is 10.9 Å². The van der Waals surface area contributed by atoms with Gasteiger partial charge in [0.1, 0.15) is 5.76 Å². The molecule has 5 aromatic rings. The Kier molecular flexibility index (Phi) is 4.19. The summed E-state index contributed by atoms with van der Waals surface area (Å²) < 4.78 is 8.98. The lowest BCUT2D eigenvalue weighted by molar-refractivity contribution is 0.253. The van der Waals surface area contributed by atoms with Gasteiger partial charge >= 0.3 is 5.69 Å². The molecule has 2 aromatic carbocycles. The van der Waals surface area contributed by atoms with Crippen molar-refractivity contribution in [2.75, 3.05) is 0 Å². The van der Waals surface area contributed by atoms with E-state index in [2.05, 4.69) is 5.10 Å². The monoisotopic (exact) mass is 438 g/mol. The molecule has 2 N–H and O–H groups in total. The molecule has 0 radical (unpaired) electrons. The maximum atomic E-state index is 13.8. The first-order chi connectivity index (χ1) is 16.0. The Balaban J connectivity index is 1.65. The lowest BCUT2D eigenvalue weighted by atomic mass is 9.72. The lowest BCUT2D eigenvalue weighted by Gasteiger charge is -2.38. The number of nitrogens with zero attached hydrogens (tertiary/aromatic N) is 3. The van der Waals surface area contributed by atoms with Crippen LogP contribution in [0.2, 0.25) is 0 Å². The van der Waals surface area contributed by atoms with Crippen molar-refractivity contribution in [3.05, 3.63) is 93.1 Å². The number of fused-ring (bicyclic) bond motifs is 3. The maximum absolute atomic E-state index is 13.8. The second kappa shape index (κ2) is 7.02. The van der Waals surface area contributed by atoms with E-state index < -0.39 is 0 Å². The number of aryl methyl sites for hydroxylation is 1. The van der Waals surface area contributed by atoms with Gasteiger partial charge in [-0.2, -0.15) is 0 Å². The van der Waals surface area contributed by atoms with E-state index in [0.717, 1.165) is 36.0 Å². The molecule has 0 unspecified atom stereocenters. The summed E-state index contributed by atoms with van der Waals surface area (Å²) in [6.07, 6.45) is 4.64. The molecular formula is C26H22N4O3. The van der Waals surface area contributed by atoms with Crippen molar-refractivity contribution in [3.8, 4) is 22.5 Å². The first kappa shape index (κ1) is 19.7. The zero-order valence-corrected chi connectivity index (χ0v) is 18.1. The summed E-state index contributed by atoms with van der Waals surface area (Å²) in [6.45, 7) is 0. The molecule has 7 nitrogen and oxygen atoms in total. The van der Waals surface area contributed by atoms with Gasteiger partial charge in [-0.15, -0.1) is 5.10 Å². The number of rotatable bonds is 3. The minimum absolute atomic E-state index is 0.172. The Labute approximate surface area is 188 Å². The average Bonchev–Trinajstić information content (AvgIpc) is 3.12. The fraction of sp³-hybridized carbons (Fsp3) is 0.192. The molecule has 0 spiro atoms. The predicted molar refractivity (Wildman–Crippen MR) is 127 cm³/mol. The highest BCUT2D eigenvalue weighted by molar-refractivity contribution is 5.94. The van der Waals surface area contributed by atoms with Gasteiger partial charge in [-0.3, -0.25) is 4.79 Å². The summed E-state index contributed by atoms with van der Waals surface area (Å²) in [6, 6.07) is 19.0. The Morgan fingerprint density at radius 2 is 1.70 bits per heavy atom. The third kappa shape index (κ3) is 2.89. The van der Waals surface area contributed by atoms with Gasteiger partial charge < -0.3 is 10.2 Å². The summed E-state index contributed by atoms with van der Waals surface area (Å²) in [5.41, 5.74) is 9.42. The molecule has 33 heavy (non-hydrogen) atoms. The van der Waals surface area contributed by atoms with Crippen LogP contribution < -0.4 is 16.9 Å². The van der Waals surface area contributed by atoms with Gasteiger partial charge in [-0.25, -0.2) is 13.9 Å². The lowest BCUT2D eigenvalue weighted by Crippen LogP contribution is -2.43. The maximum Gasteiger partial charge on any atom is 0.350 e. The largest absolute Gasteiger partial charge is 0.451 e. The third-order valence-corrected chi connectivity index (χ3v) is 6.73. The Hall–Kier alpha value is -3.97. The Morgan fingerprint density at radius 3 is 2.36 bits per heavy atom. The van der Waals surface area contributed by atoms with Crippen molar-refractivity contribution in [2.24, 2.45) is 12.8 Å². The number of hydrogen-bond donors (Lipinski definition) is 1. The average molecular weight is 438 g/mol. The summed E-state index contributed by atoms with van der Waals surface area (Å²) in [5.74, 6) is 0.443. The van der Waals surface area contributed by atoms with Crippen LogP contribution in [0.15, 0.2) is 80.9 Å². The predicted octanol–water partition coefficient (Wildman–Crippen LogP) is 3.81. The van der Waals surface area contributed by atoms with Crippen molar-refractivity contribution in [1.82, 2.24) is 14.2 Å². The normalized spacial score (nSPS) is 15.1. The highest BCUT2D eigenvalue weighted by Gasteiger charge is 2.34. The summed E-state index contributed by atoms with van der Waals surface area (Å²) >= 11 is 0. The third-order valence-electron chi connectivity index (χ3n) is 6.73. The second-order valence-corrected chi connectivity index (χ2v) is 8.75. The molecule has 1 aliphatic rings. The SMILES string of the molecule is Cn1nc2c3oc(-c4ccccc4)c(-c4ccc(C5(N)CCC5)cc4)c(=O)c3ccn2c1=O. The molecule has 0 aliphatic heterocycles. The van der Waals surface area contributed by atoms with Crippen molar-refractivity contribution < 1.29 is 4.42 Å². The van der Waals surface area contributed by atoms with E-state index in [4.69, 9.17) is 10.2 Å². The molecule has 7 heteroatoms. The molecule has 1 aliphatic carbocycles. The van der Waals surface area contributed by atoms with Gasteiger partial charge in [0.2, 0.25) is 11.1 Å². The Morgan fingerprint density at radius 1 is 0.970 bits per heavy atom. The van der Waals surface area contributed by atoms with Crippen molar-refractivity contribution >= 4 is 16.6 Å². The summed E-state index contributed by atoms with van der Waals surface area (Å²) in [7, 11) is 1.57. The quantitative estimate of drug-likeness (QED) is 0.462. The zero-order chi connectivity index (χ0) is 22.7. The summed E-state index contributed by atoms with van der Waals surface area (Å²) in [4.78, 5) is 26.2. The smallest absolute Gasteiger partial charge is 0.350 e. The van der Waals surface area contributed by atoms with Crippen LogP contribution in [0.1, 0.15) is 24.8 Å². The number of aromatic nitrogens is 3. The first-order valence-electron chi connectivity index (χ1n) is 11.0. The molecule has 0 atom stereocenters. The van der Waals surface area contributed by atoms with Crippen molar-refractivity contribution in [2.45, 2.75) is 24.8 Å². The molecule has 3 heterocycles. The van der Waals surface area contributed by atoms with E-state index in [9.17, 15) is 9.59 Å². The molecule has 0 bridgehead atoms. The second-order valence-electron chi connectivity index (χ2n) is 8.75. The van der Waals surface area contributed by atoms with E-state index in [-0.39, 0.29) is 22.2 Å². The molecular weight excluding hydrogens is 416 g/mol. The van der Waals surface area contributed by atoms with Crippen LogP contribution in [0.3, 0.4) is 0 Å². The minimum atomic E-state index is -0.304. The van der Waals surface area contributed by atoms with Gasteiger partial charge in [0.25, 0.3) is 0 Å². The molecule has 6 rings (SSSR count). The number of benzene rings is 2. The first-order valence-corrected chi connectivity index (χ1v) is 11.0. The fourth-order valence-electron chi connectivity index (χ4n) is 4.65. The van der Waals surface area contributed by atoms with Crippen LogP contribution in [0, 0.1) is 0 Å². The van der Waals surface area contributed by atoms with E-state index in [1.165, 1.54) is 9.08 Å². The molecule has 0 saturated heterocycles. The summed E-state index contributed by atoms with van der Waals surface area (Å²) in [5, 5.41) is 4.67. The van der Waals surface area contributed by atoms with Crippen LogP contribution in [-0.4, -0.2) is 14.2 Å². The van der Waals surface area contributed by atoms with Gasteiger partial charge in [-0.05, 0) is 36.5 Å². The fourth-order valence-corrected chi connectivity index (χ4v) is 4.65. The van der Waals surface area contributed by atoms with Crippen molar-refractivity contribution in [3.63, 3.8) is 0 Å².